The van der Waals surface area contributed by atoms with Crippen LogP contribution in [0.1, 0.15) is 21.8 Å². The minimum atomic E-state index is -0.398. The number of hydrogen-bond acceptors (Lipinski definition) is 4. The average Bonchev–Trinajstić information content (AvgIpc) is 2.75. The molecule has 0 unspecified atom stereocenters. The fourth-order valence-electron chi connectivity index (χ4n) is 2.05. The Morgan fingerprint density at radius 3 is 2.71 bits per heavy atom. The van der Waals surface area contributed by atoms with E-state index < -0.39 is 5.78 Å². The molecule has 0 saturated carbocycles. The van der Waals surface area contributed by atoms with Crippen LogP contribution in [0.3, 0.4) is 0 Å². The fourth-order valence-corrected chi connectivity index (χ4v) is 2.55. The van der Waals surface area contributed by atoms with Gasteiger partial charge in [0, 0.05) is 16.3 Å². The van der Waals surface area contributed by atoms with Gasteiger partial charge in [0.05, 0.1) is 16.1 Å². The number of hydrogen-bond donors (Lipinski definition) is 1. The number of furan rings is 1. The number of benzene rings is 1. The first kappa shape index (κ1) is 13.9. The zero-order chi connectivity index (χ0) is 15.1. The van der Waals surface area contributed by atoms with Gasteiger partial charge in [0.15, 0.2) is 0 Å². The summed E-state index contributed by atoms with van der Waals surface area (Å²) in [5.74, 6) is -0.364. The largest absolute Gasteiger partial charge is 0.432 e. The van der Waals surface area contributed by atoms with Crippen molar-refractivity contribution in [3.05, 3.63) is 57.4 Å². The molecule has 4 nitrogen and oxygen atoms in total. The summed E-state index contributed by atoms with van der Waals surface area (Å²) in [6, 6.07) is 8.20. The maximum absolute atomic E-state index is 12.5. The highest BCUT2D eigenvalue weighted by Crippen LogP contribution is 2.31. The normalized spacial score (nSPS) is 11.0. The van der Waals surface area contributed by atoms with Gasteiger partial charge in [-0.2, -0.15) is 0 Å². The number of nitrogens with zero attached hydrogens (tertiary/aromatic N) is 1. The van der Waals surface area contributed by atoms with Gasteiger partial charge >= 0.3 is 0 Å². The van der Waals surface area contributed by atoms with Gasteiger partial charge in [-0.25, -0.2) is 4.98 Å². The number of pyridine rings is 1. The molecular formula is C15H10Cl2N2O2. The summed E-state index contributed by atoms with van der Waals surface area (Å²) in [5.41, 5.74) is 7.63. The molecule has 2 N–H and O–H groups in total. The lowest BCUT2D eigenvalue weighted by Crippen LogP contribution is -2.03. The monoisotopic (exact) mass is 320 g/mol. The third kappa shape index (κ3) is 2.37. The number of aromatic nitrogens is 1. The number of fused-ring (bicyclic) bond motifs is 1. The second-order valence-electron chi connectivity index (χ2n) is 4.60. The van der Waals surface area contributed by atoms with Crippen molar-refractivity contribution in [1.82, 2.24) is 4.98 Å². The van der Waals surface area contributed by atoms with Gasteiger partial charge in [0.25, 0.3) is 0 Å². The number of carbonyl (C=O) groups excluding carboxylic acids is 1. The number of nitrogens with two attached hydrogens (primary N) is 1. The summed E-state index contributed by atoms with van der Waals surface area (Å²) in [5, 5.41) is 1.30. The summed E-state index contributed by atoms with van der Waals surface area (Å²) < 4.78 is 5.50. The third-order valence-electron chi connectivity index (χ3n) is 3.12. The zero-order valence-electron chi connectivity index (χ0n) is 11.0. The van der Waals surface area contributed by atoms with Gasteiger partial charge in [-0.3, -0.25) is 4.79 Å². The predicted molar refractivity (Wildman–Crippen MR) is 83.1 cm³/mol. The number of ketones is 1. The molecule has 0 aliphatic heterocycles. The molecule has 3 aromatic rings. The lowest BCUT2D eigenvalue weighted by Gasteiger charge is -2.02. The van der Waals surface area contributed by atoms with Crippen LogP contribution in [-0.2, 0) is 0 Å². The number of rotatable bonds is 2. The van der Waals surface area contributed by atoms with Crippen LogP contribution in [0.5, 0.6) is 0 Å². The van der Waals surface area contributed by atoms with Crippen LogP contribution in [0, 0.1) is 6.92 Å². The van der Waals surface area contributed by atoms with Crippen LogP contribution in [0.25, 0.3) is 11.1 Å². The highest BCUT2D eigenvalue weighted by atomic mass is 35.5. The maximum atomic E-state index is 12.5. The molecule has 0 amide bonds. The Kier molecular flexibility index (Phi) is 3.35. The van der Waals surface area contributed by atoms with E-state index in [4.69, 9.17) is 33.4 Å². The van der Waals surface area contributed by atoms with E-state index in [1.54, 1.807) is 18.2 Å². The molecule has 0 atom stereocenters. The van der Waals surface area contributed by atoms with Crippen molar-refractivity contribution in [2.75, 3.05) is 5.73 Å². The van der Waals surface area contributed by atoms with Crippen LogP contribution in [0.4, 0.5) is 5.69 Å². The van der Waals surface area contributed by atoms with Gasteiger partial charge in [-0.15, -0.1) is 0 Å². The predicted octanol–water partition coefficient (Wildman–Crippen LogP) is 4.26. The molecule has 0 fully saturated rings. The minimum Gasteiger partial charge on any atom is -0.432 e. The average molecular weight is 321 g/mol. The number of aryl methyl sites for hydroxylation is 1. The second kappa shape index (κ2) is 5.06. The number of anilines is 1. The first-order chi connectivity index (χ1) is 9.97. The molecule has 106 valence electrons. The van der Waals surface area contributed by atoms with E-state index in [9.17, 15) is 4.79 Å². The minimum absolute atomic E-state index is 0.0346. The smallest absolute Gasteiger partial charge is 0.231 e. The second-order valence-corrected chi connectivity index (χ2v) is 5.45. The molecule has 0 aliphatic rings. The van der Waals surface area contributed by atoms with Gasteiger partial charge in [0.1, 0.15) is 0 Å². The summed E-state index contributed by atoms with van der Waals surface area (Å²) >= 11 is 11.9. The lowest BCUT2D eigenvalue weighted by molar-refractivity contribution is 0.101. The lowest BCUT2D eigenvalue weighted by atomic mass is 10.1. The van der Waals surface area contributed by atoms with Gasteiger partial charge in [-0.05, 0) is 37.3 Å². The number of halogens is 2. The highest BCUT2D eigenvalue weighted by molar-refractivity contribution is 6.37. The van der Waals surface area contributed by atoms with E-state index in [0.29, 0.717) is 16.1 Å². The van der Waals surface area contributed by atoms with Crippen molar-refractivity contribution < 1.29 is 9.21 Å². The molecule has 6 heteroatoms. The molecular weight excluding hydrogens is 311 g/mol. The fraction of sp³-hybridized carbons (Fsp3) is 0.0667. The summed E-state index contributed by atoms with van der Waals surface area (Å²) in [6.07, 6.45) is 0. The first-order valence-corrected chi connectivity index (χ1v) is 6.88. The molecule has 2 aromatic heterocycles. The molecule has 0 radical (unpaired) electrons. The summed E-state index contributed by atoms with van der Waals surface area (Å²) in [6.45, 7) is 1.83. The van der Waals surface area contributed by atoms with E-state index >= 15 is 0 Å². The summed E-state index contributed by atoms with van der Waals surface area (Å²) in [4.78, 5) is 16.7. The highest BCUT2D eigenvalue weighted by Gasteiger charge is 2.22. The molecule has 1 aromatic carbocycles. The van der Waals surface area contributed by atoms with Crippen molar-refractivity contribution in [3.63, 3.8) is 0 Å². The Balaban J connectivity index is 2.15. The Bertz CT molecular complexity index is 871. The zero-order valence-corrected chi connectivity index (χ0v) is 12.5. The topological polar surface area (TPSA) is 69.1 Å². The molecule has 0 spiro atoms. The van der Waals surface area contributed by atoms with Crippen molar-refractivity contribution in [1.29, 1.82) is 0 Å². The molecule has 0 saturated heterocycles. The van der Waals surface area contributed by atoms with Crippen molar-refractivity contribution in [2.24, 2.45) is 0 Å². The number of carbonyl (C=O) groups is 1. The molecule has 2 heterocycles. The quantitative estimate of drug-likeness (QED) is 0.716. The Morgan fingerprint density at radius 1 is 1.24 bits per heavy atom. The summed E-state index contributed by atoms with van der Waals surface area (Å²) in [7, 11) is 0. The van der Waals surface area contributed by atoms with Crippen molar-refractivity contribution in [3.8, 4) is 0 Å². The van der Waals surface area contributed by atoms with Crippen molar-refractivity contribution in [2.45, 2.75) is 6.92 Å². The molecule has 0 aliphatic carbocycles. The molecule has 3 rings (SSSR count). The molecule has 21 heavy (non-hydrogen) atoms. The van der Waals surface area contributed by atoms with Crippen molar-refractivity contribution >= 4 is 45.8 Å². The number of nitrogen functional groups attached to an aromatic ring is 1. The first-order valence-electron chi connectivity index (χ1n) is 6.12. The van der Waals surface area contributed by atoms with Gasteiger partial charge < -0.3 is 10.2 Å². The van der Waals surface area contributed by atoms with Crippen LogP contribution >= 0.6 is 23.2 Å². The maximum Gasteiger partial charge on any atom is 0.231 e. The van der Waals surface area contributed by atoms with Gasteiger partial charge in [0.2, 0.25) is 17.3 Å². The standard InChI is InChI=1S/C15H10Cl2N2O2/c1-7-2-4-10-12(18)14(21-15(10)19-7)13(20)9-5-3-8(16)6-11(9)17/h2-6H,18H2,1H3. The van der Waals surface area contributed by atoms with Crippen LogP contribution < -0.4 is 5.73 Å². The van der Waals surface area contributed by atoms with Crippen LogP contribution in [0.15, 0.2) is 34.7 Å². The van der Waals surface area contributed by atoms with Crippen LogP contribution in [0.2, 0.25) is 10.0 Å². The van der Waals surface area contributed by atoms with E-state index in [-0.39, 0.29) is 22.0 Å². The van der Waals surface area contributed by atoms with E-state index in [2.05, 4.69) is 4.98 Å². The third-order valence-corrected chi connectivity index (χ3v) is 3.66. The SMILES string of the molecule is Cc1ccc2c(N)c(C(=O)c3ccc(Cl)cc3Cl)oc2n1. The molecule has 0 bridgehead atoms. The Hall–Kier alpha value is -2.04. The van der Waals surface area contributed by atoms with E-state index in [1.807, 2.05) is 6.92 Å². The van der Waals surface area contributed by atoms with Gasteiger partial charge in [-0.1, -0.05) is 23.2 Å². The Labute approximate surface area is 130 Å². The van der Waals surface area contributed by atoms with Crippen LogP contribution in [-0.4, -0.2) is 10.8 Å². The Morgan fingerprint density at radius 2 is 2.00 bits per heavy atom. The van der Waals surface area contributed by atoms with E-state index in [0.717, 1.165) is 5.69 Å². The van der Waals surface area contributed by atoms with E-state index in [1.165, 1.54) is 12.1 Å².